The number of carbonyl (C=O) groups excluding carboxylic acids is 1. The van der Waals surface area contributed by atoms with Gasteiger partial charge >= 0.3 is 0 Å². The van der Waals surface area contributed by atoms with Gasteiger partial charge < -0.3 is 21.1 Å². The van der Waals surface area contributed by atoms with Gasteiger partial charge in [-0.1, -0.05) is 12.8 Å². The first-order valence-corrected chi connectivity index (χ1v) is 6.47. The smallest absolute Gasteiger partial charge is 0.237 e. The van der Waals surface area contributed by atoms with E-state index in [1.165, 1.54) is 0 Å². The Hall–Kier alpha value is -1.98. The number of primary amides is 1. The maximum atomic E-state index is 11.3. The normalized spacial score (nSPS) is 15.4. The lowest BCUT2D eigenvalue weighted by atomic mass is 10.2. The van der Waals surface area contributed by atoms with Gasteiger partial charge in [-0.2, -0.15) is 4.98 Å². The molecule has 0 spiro atoms. The molecule has 2 rings (SSSR count). The molecule has 0 radical (unpaired) electrons. The molecule has 6 nitrogen and oxygen atoms in total. The van der Waals surface area contributed by atoms with Gasteiger partial charge in [0.25, 0.3) is 0 Å². The Morgan fingerprint density at radius 2 is 2.16 bits per heavy atom. The standard InChI is InChI=1S/C13H20N4O2/c1-19-12-7-6-10(14)13(16-12)17(8-11(15)18)9-4-2-3-5-9/h6-7,9H,2-5,8,14H2,1H3,(H2,15,18). The number of amides is 1. The minimum absolute atomic E-state index is 0.134. The summed E-state index contributed by atoms with van der Waals surface area (Å²) in [6.45, 7) is 0.134. The quantitative estimate of drug-likeness (QED) is 0.824. The van der Waals surface area contributed by atoms with Crippen molar-refractivity contribution in [2.24, 2.45) is 5.73 Å². The lowest BCUT2D eigenvalue weighted by Gasteiger charge is -2.29. The zero-order valence-electron chi connectivity index (χ0n) is 11.1. The van der Waals surface area contributed by atoms with Crippen LogP contribution in [-0.4, -0.2) is 30.6 Å². The number of aromatic nitrogens is 1. The summed E-state index contributed by atoms with van der Waals surface area (Å²) in [6.07, 6.45) is 4.38. The van der Waals surface area contributed by atoms with Gasteiger partial charge in [-0.25, -0.2) is 0 Å². The summed E-state index contributed by atoms with van der Waals surface area (Å²) in [5, 5.41) is 0. The molecule has 1 heterocycles. The van der Waals surface area contributed by atoms with E-state index in [1.54, 1.807) is 19.2 Å². The van der Waals surface area contributed by atoms with Crippen LogP contribution >= 0.6 is 0 Å². The predicted molar refractivity (Wildman–Crippen MR) is 74.0 cm³/mol. The van der Waals surface area contributed by atoms with Crippen molar-refractivity contribution in [3.63, 3.8) is 0 Å². The maximum absolute atomic E-state index is 11.3. The van der Waals surface area contributed by atoms with Crippen LogP contribution in [0.25, 0.3) is 0 Å². The van der Waals surface area contributed by atoms with Gasteiger partial charge in [0, 0.05) is 12.1 Å². The summed E-state index contributed by atoms with van der Waals surface area (Å²) < 4.78 is 5.12. The Bertz CT molecular complexity index is 458. The highest BCUT2D eigenvalue weighted by atomic mass is 16.5. The Labute approximate surface area is 112 Å². The highest BCUT2D eigenvalue weighted by molar-refractivity contribution is 5.81. The van der Waals surface area contributed by atoms with Crippen LogP contribution in [0.2, 0.25) is 0 Å². The van der Waals surface area contributed by atoms with Crippen molar-refractivity contribution in [2.75, 3.05) is 24.3 Å². The van der Waals surface area contributed by atoms with Gasteiger partial charge in [0.2, 0.25) is 11.8 Å². The molecule has 0 atom stereocenters. The van der Waals surface area contributed by atoms with Gasteiger partial charge in [0.05, 0.1) is 19.3 Å². The average Bonchev–Trinajstić information content (AvgIpc) is 2.90. The molecule has 1 aromatic heterocycles. The third-order valence-electron chi connectivity index (χ3n) is 3.45. The molecule has 1 fully saturated rings. The van der Waals surface area contributed by atoms with Gasteiger partial charge in [-0.3, -0.25) is 4.79 Å². The van der Waals surface area contributed by atoms with Crippen LogP contribution in [0.5, 0.6) is 5.88 Å². The number of pyridine rings is 1. The van der Waals surface area contributed by atoms with Crippen LogP contribution in [-0.2, 0) is 4.79 Å². The number of rotatable bonds is 5. The van der Waals surface area contributed by atoms with Crippen molar-refractivity contribution in [2.45, 2.75) is 31.7 Å². The predicted octanol–water partition coefficient (Wildman–Crippen LogP) is 0.907. The van der Waals surface area contributed by atoms with E-state index < -0.39 is 0 Å². The van der Waals surface area contributed by atoms with Crippen molar-refractivity contribution in [3.05, 3.63) is 12.1 Å². The zero-order valence-corrected chi connectivity index (χ0v) is 11.1. The topological polar surface area (TPSA) is 94.5 Å². The van der Waals surface area contributed by atoms with Crippen LogP contribution in [0.1, 0.15) is 25.7 Å². The molecule has 0 unspecified atom stereocenters. The molecular weight excluding hydrogens is 244 g/mol. The summed E-state index contributed by atoms with van der Waals surface area (Å²) in [7, 11) is 1.55. The number of nitrogen functional groups attached to an aromatic ring is 1. The second kappa shape index (κ2) is 5.77. The molecule has 1 saturated carbocycles. The number of methoxy groups -OCH3 is 1. The van der Waals surface area contributed by atoms with E-state index in [4.69, 9.17) is 16.2 Å². The average molecular weight is 264 g/mol. The second-order valence-electron chi connectivity index (χ2n) is 4.80. The number of nitrogens with zero attached hydrogens (tertiary/aromatic N) is 2. The number of anilines is 2. The molecule has 104 valence electrons. The van der Waals surface area contributed by atoms with Crippen LogP contribution < -0.4 is 21.1 Å². The van der Waals surface area contributed by atoms with Crippen molar-refractivity contribution in [1.82, 2.24) is 4.98 Å². The van der Waals surface area contributed by atoms with Crippen LogP contribution in [0.3, 0.4) is 0 Å². The first-order valence-electron chi connectivity index (χ1n) is 6.47. The number of ether oxygens (including phenoxy) is 1. The lowest BCUT2D eigenvalue weighted by Crippen LogP contribution is -2.41. The third-order valence-corrected chi connectivity index (χ3v) is 3.45. The third kappa shape index (κ3) is 3.07. The largest absolute Gasteiger partial charge is 0.481 e. The molecular formula is C13H20N4O2. The van der Waals surface area contributed by atoms with E-state index in [1.807, 2.05) is 4.90 Å². The fourth-order valence-corrected chi connectivity index (χ4v) is 2.55. The van der Waals surface area contributed by atoms with E-state index in [2.05, 4.69) is 4.98 Å². The fourth-order valence-electron chi connectivity index (χ4n) is 2.55. The molecule has 1 aliphatic carbocycles. The molecule has 4 N–H and O–H groups in total. The summed E-state index contributed by atoms with van der Waals surface area (Å²) in [5.41, 5.74) is 11.9. The lowest BCUT2D eigenvalue weighted by molar-refractivity contribution is -0.116. The first-order chi connectivity index (χ1) is 9.11. The SMILES string of the molecule is COc1ccc(N)c(N(CC(N)=O)C2CCCC2)n1. The summed E-state index contributed by atoms with van der Waals surface area (Å²) in [5.74, 6) is 0.692. The molecule has 0 aromatic carbocycles. The van der Waals surface area contributed by atoms with E-state index in [-0.39, 0.29) is 18.5 Å². The highest BCUT2D eigenvalue weighted by Crippen LogP contribution is 2.31. The molecule has 1 aromatic rings. The van der Waals surface area contributed by atoms with Crippen LogP contribution in [0.15, 0.2) is 12.1 Å². The molecule has 0 saturated heterocycles. The fraction of sp³-hybridized carbons (Fsp3) is 0.538. The molecule has 0 aliphatic heterocycles. The van der Waals surface area contributed by atoms with Gasteiger partial charge in [0.1, 0.15) is 0 Å². The van der Waals surface area contributed by atoms with Crippen LogP contribution in [0, 0.1) is 0 Å². The summed E-state index contributed by atoms with van der Waals surface area (Å²) in [4.78, 5) is 17.6. The highest BCUT2D eigenvalue weighted by Gasteiger charge is 2.26. The zero-order chi connectivity index (χ0) is 13.8. The number of nitrogens with two attached hydrogens (primary N) is 2. The van der Waals surface area contributed by atoms with E-state index in [0.29, 0.717) is 17.4 Å². The Morgan fingerprint density at radius 1 is 1.47 bits per heavy atom. The Morgan fingerprint density at radius 3 is 2.74 bits per heavy atom. The Kier molecular flexibility index (Phi) is 4.09. The molecule has 1 aliphatic rings. The van der Waals surface area contributed by atoms with E-state index in [0.717, 1.165) is 25.7 Å². The van der Waals surface area contributed by atoms with Gasteiger partial charge in [-0.15, -0.1) is 0 Å². The molecule has 1 amide bonds. The van der Waals surface area contributed by atoms with E-state index in [9.17, 15) is 4.79 Å². The van der Waals surface area contributed by atoms with Crippen molar-refractivity contribution in [3.8, 4) is 5.88 Å². The number of hydrogen-bond acceptors (Lipinski definition) is 5. The number of carbonyl (C=O) groups is 1. The maximum Gasteiger partial charge on any atom is 0.237 e. The summed E-state index contributed by atoms with van der Waals surface area (Å²) >= 11 is 0. The van der Waals surface area contributed by atoms with Crippen LogP contribution in [0.4, 0.5) is 11.5 Å². The van der Waals surface area contributed by atoms with E-state index >= 15 is 0 Å². The summed E-state index contributed by atoms with van der Waals surface area (Å²) in [6, 6.07) is 3.72. The minimum Gasteiger partial charge on any atom is -0.481 e. The second-order valence-corrected chi connectivity index (χ2v) is 4.80. The minimum atomic E-state index is -0.379. The first kappa shape index (κ1) is 13.5. The van der Waals surface area contributed by atoms with Gasteiger partial charge in [-0.05, 0) is 18.9 Å². The molecule has 6 heteroatoms. The van der Waals surface area contributed by atoms with Crippen molar-refractivity contribution < 1.29 is 9.53 Å². The number of hydrogen-bond donors (Lipinski definition) is 2. The van der Waals surface area contributed by atoms with Crippen molar-refractivity contribution in [1.29, 1.82) is 0 Å². The van der Waals surface area contributed by atoms with Crippen molar-refractivity contribution >= 4 is 17.4 Å². The van der Waals surface area contributed by atoms with Gasteiger partial charge in [0.15, 0.2) is 5.82 Å². The molecule has 0 bridgehead atoms. The molecule has 19 heavy (non-hydrogen) atoms. The Balaban J connectivity index is 2.33. The monoisotopic (exact) mass is 264 g/mol.